The van der Waals surface area contributed by atoms with Crippen LogP contribution in [0.5, 0.6) is 5.75 Å². The monoisotopic (exact) mass is 217 g/mol. The number of hydrogen-bond donors (Lipinski definition) is 1. The van der Waals surface area contributed by atoms with Gasteiger partial charge in [-0.05, 0) is 28.1 Å². The van der Waals surface area contributed by atoms with Crippen molar-refractivity contribution in [2.45, 2.75) is 6.61 Å². The maximum absolute atomic E-state index is 8.70. The number of aliphatic hydroxyl groups is 1. The lowest BCUT2D eigenvalue weighted by molar-refractivity contribution is 0.276. The van der Waals surface area contributed by atoms with Gasteiger partial charge in [-0.2, -0.15) is 0 Å². The molecule has 1 aromatic heterocycles. The second-order valence-corrected chi connectivity index (χ2v) is 2.70. The highest BCUT2D eigenvalue weighted by Crippen LogP contribution is 2.21. The molecule has 0 radical (unpaired) electrons. The van der Waals surface area contributed by atoms with Crippen LogP contribution in [0.1, 0.15) is 5.69 Å². The van der Waals surface area contributed by atoms with Crippen molar-refractivity contribution in [2.24, 2.45) is 0 Å². The first-order chi connectivity index (χ1) is 5.27. The summed E-state index contributed by atoms with van der Waals surface area (Å²) in [6.45, 7) is -0.0530. The molecule has 0 atom stereocenters. The minimum Gasteiger partial charge on any atom is -0.494 e. The zero-order valence-corrected chi connectivity index (χ0v) is 7.63. The quantitative estimate of drug-likeness (QED) is 0.761. The SMILES string of the molecule is COc1ccc(CO)nc1Br. The van der Waals surface area contributed by atoms with Crippen molar-refractivity contribution in [3.05, 3.63) is 22.4 Å². The van der Waals surface area contributed by atoms with Crippen molar-refractivity contribution in [1.29, 1.82) is 0 Å². The van der Waals surface area contributed by atoms with Gasteiger partial charge in [-0.25, -0.2) is 4.98 Å². The minimum absolute atomic E-state index is 0.0530. The number of ether oxygens (including phenoxy) is 1. The molecular weight excluding hydrogens is 210 g/mol. The molecule has 60 valence electrons. The van der Waals surface area contributed by atoms with Crippen molar-refractivity contribution < 1.29 is 9.84 Å². The van der Waals surface area contributed by atoms with Crippen molar-refractivity contribution in [3.63, 3.8) is 0 Å². The van der Waals surface area contributed by atoms with E-state index in [1.807, 2.05) is 0 Å². The summed E-state index contributed by atoms with van der Waals surface area (Å²) in [5.41, 5.74) is 0.623. The predicted octanol–water partition coefficient (Wildman–Crippen LogP) is 1.34. The first-order valence-corrected chi connectivity index (χ1v) is 3.87. The van der Waals surface area contributed by atoms with Crippen molar-refractivity contribution in [3.8, 4) is 5.75 Å². The Morgan fingerprint density at radius 3 is 2.82 bits per heavy atom. The van der Waals surface area contributed by atoms with Gasteiger partial charge in [-0.15, -0.1) is 0 Å². The normalized spacial score (nSPS) is 9.73. The molecule has 0 spiro atoms. The van der Waals surface area contributed by atoms with Gasteiger partial charge in [-0.1, -0.05) is 0 Å². The Morgan fingerprint density at radius 1 is 1.64 bits per heavy atom. The highest BCUT2D eigenvalue weighted by molar-refractivity contribution is 9.10. The molecule has 0 aliphatic carbocycles. The van der Waals surface area contributed by atoms with Crippen LogP contribution in [0, 0.1) is 0 Å². The van der Waals surface area contributed by atoms with Gasteiger partial charge in [0, 0.05) is 0 Å². The van der Waals surface area contributed by atoms with Gasteiger partial charge >= 0.3 is 0 Å². The molecule has 4 heteroatoms. The van der Waals surface area contributed by atoms with E-state index < -0.39 is 0 Å². The van der Waals surface area contributed by atoms with E-state index in [1.165, 1.54) is 0 Å². The molecule has 0 fully saturated rings. The first-order valence-electron chi connectivity index (χ1n) is 3.08. The average molecular weight is 218 g/mol. The predicted molar refractivity (Wildman–Crippen MR) is 44.4 cm³/mol. The lowest BCUT2D eigenvalue weighted by Crippen LogP contribution is -1.92. The van der Waals surface area contributed by atoms with Crippen LogP contribution in [-0.4, -0.2) is 17.2 Å². The van der Waals surface area contributed by atoms with Crippen molar-refractivity contribution in [1.82, 2.24) is 4.98 Å². The Bertz CT molecular complexity index is 252. The molecule has 1 aromatic rings. The number of aliphatic hydroxyl groups excluding tert-OH is 1. The molecule has 0 saturated carbocycles. The molecule has 1 heterocycles. The highest BCUT2D eigenvalue weighted by atomic mass is 79.9. The molecule has 0 aromatic carbocycles. The number of halogens is 1. The largest absolute Gasteiger partial charge is 0.494 e. The summed E-state index contributed by atoms with van der Waals surface area (Å²) < 4.78 is 5.57. The second-order valence-electron chi connectivity index (χ2n) is 1.95. The van der Waals surface area contributed by atoms with Crippen LogP contribution in [0.25, 0.3) is 0 Å². The van der Waals surface area contributed by atoms with Crippen LogP contribution in [0.3, 0.4) is 0 Å². The van der Waals surface area contributed by atoms with Gasteiger partial charge in [0.25, 0.3) is 0 Å². The molecule has 11 heavy (non-hydrogen) atoms. The lowest BCUT2D eigenvalue weighted by atomic mass is 10.3. The molecule has 0 unspecified atom stereocenters. The third kappa shape index (κ3) is 1.91. The van der Waals surface area contributed by atoms with Gasteiger partial charge in [0.2, 0.25) is 0 Å². The van der Waals surface area contributed by atoms with Crippen LogP contribution < -0.4 is 4.74 Å². The number of methoxy groups -OCH3 is 1. The molecule has 1 N–H and O–H groups in total. The second kappa shape index (κ2) is 3.69. The van der Waals surface area contributed by atoms with E-state index in [9.17, 15) is 0 Å². The molecule has 0 aliphatic heterocycles. The Kier molecular flexibility index (Phi) is 2.84. The van der Waals surface area contributed by atoms with E-state index in [0.29, 0.717) is 16.0 Å². The summed E-state index contributed by atoms with van der Waals surface area (Å²) >= 11 is 3.20. The van der Waals surface area contributed by atoms with E-state index in [1.54, 1.807) is 19.2 Å². The van der Waals surface area contributed by atoms with Gasteiger partial charge in [0.1, 0.15) is 4.60 Å². The Hall–Kier alpha value is -0.610. The molecule has 3 nitrogen and oxygen atoms in total. The van der Waals surface area contributed by atoms with E-state index in [-0.39, 0.29) is 6.61 Å². The molecule has 0 amide bonds. The Balaban J connectivity index is 2.99. The molecule has 1 rings (SSSR count). The maximum atomic E-state index is 8.70. The number of aromatic nitrogens is 1. The van der Waals surface area contributed by atoms with Gasteiger partial charge in [0.15, 0.2) is 5.75 Å². The van der Waals surface area contributed by atoms with E-state index in [4.69, 9.17) is 9.84 Å². The van der Waals surface area contributed by atoms with Crippen molar-refractivity contribution in [2.75, 3.05) is 7.11 Å². The summed E-state index contributed by atoms with van der Waals surface area (Å²) in [6, 6.07) is 3.46. The zero-order valence-electron chi connectivity index (χ0n) is 6.04. The zero-order chi connectivity index (χ0) is 8.27. The van der Waals surface area contributed by atoms with Crippen LogP contribution in [0.2, 0.25) is 0 Å². The summed E-state index contributed by atoms with van der Waals surface area (Å²) in [6.07, 6.45) is 0. The van der Waals surface area contributed by atoms with E-state index in [0.717, 1.165) is 0 Å². The van der Waals surface area contributed by atoms with Crippen LogP contribution in [0.4, 0.5) is 0 Å². The van der Waals surface area contributed by atoms with Crippen LogP contribution in [-0.2, 0) is 6.61 Å². The summed E-state index contributed by atoms with van der Waals surface area (Å²) in [4.78, 5) is 4.00. The number of pyridine rings is 1. The Morgan fingerprint density at radius 2 is 2.36 bits per heavy atom. The van der Waals surface area contributed by atoms with E-state index in [2.05, 4.69) is 20.9 Å². The smallest absolute Gasteiger partial charge is 0.151 e. The average Bonchev–Trinajstić information content (AvgIpc) is 2.04. The molecular formula is C7H8BrNO2. The maximum Gasteiger partial charge on any atom is 0.151 e. The van der Waals surface area contributed by atoms with Crippen LogP contribution in [0.15, 0.2) is 16.7 Å². The fourth-order valence-corrected chi connectivity index (χ4v) is 1.22. The van der Waals surface area contributed by atoms with Gasteiger partial charge < -0.3 is 9.84 Å². The third-order valence-electron chi connectivity index (χ3n) is 1.25. The first kappa shape index (κ1) is 8.49. The summed E-state index contributed by atoms with van der Waals surface area (Å²) in [5, 5.41) is 8.70. The van der Waals surface area contributed by atoms with E-state index >= 15 is 0 Å². The van der Waals surface area contributed by atoms with Crippen LogP contribution >= 0.6 is 15.9 Å². The molecule has 0 saturated heterocycles. The molecule has 0 aliphatic rings. The Labute approximate surface area is 73.2 Å². The number of rotatable bonds is 2. The standard InChI is InChI=1S/C7H8BrNO2/c1-11-6-3-2-5(4-10)9-7(6)8/h2-3,10H,4H2,1H3. The topological polar surface area (TPSA) is 42.4 Å². The van der Waals surface area contributed by atoms with Crippen molar-refractivity contribution >= 4 is 15.9 Å². The summed E-state index contributed by atoms with van der Waals surface area (Å²) in [7, 11) is 1.57. The highest BCUT2D eigenvalue weighted by Gasteiger charge is 2.00. The lowest BCUT2D eigenvalue weighted by Gasteiger charge is -2.02. The number of nitrogens with zero attached hydrogens (tertiary/aromatic N) is 1. The third-order valence-corrected chi connectivity index (χ3v) is 1.82. The fourth-order valence-electron chi connectivity index (χ4n) is 0.699. The number of hydrogen-bond acceptors (Lipinski definition) is 3. The fraction of sp³-hybridized carbons (Fsp3) is 0.286. The van der Waals surface area contributed by atoms with Gasteiger partial charge in [0.05, 0.1) is 19.4 Å². The minimum atomic E-state index is -0.0530. The molecule has 0 bridgehead atoms. The summed E-state index contributed by atoms with van der Waals surface area (Å²) in [5.74, 6) is 0.669. The van der Waals surface area contributed by atoms with Gasteiger partial charge in [-0.3, -0.25) is 0 Å².